The minimum atomic E-state index is -3.78. The Balaban J connectivity index is 1.50. The van der Waals surface area contributed by atoms with Gasteiger partial charge >= 0.3 is 0 Å². The highest BCUT2D eigenvalue weighted by Crippen LogP contribution is 2.31. The summed E-state index contributed by atoms with van der Waals surface area (Å²) in [6, 6.07) is 12.7. The van der Waals surface area contributed by atoms with Gasteiger partial charge in [-0.1, -0.05) is 35.9 Å². The number of sulfonamides is 1. The molecular weight excluding hydrogens is 424 g/mol. The van der Waals surface area contributed by atoms with E-state index < -0.39 is 10.0 Å². The number of carbonyl (C=O) groups is 1. The van der Waals surface area contributed by atoms with Gasteiger partial charge in [-0.25, -0.2) is 8.42 Å². The lowest BCUT2D eigenvalue weighted by molar-refractivity contribution is 0.0730. The summed E-state index contributed by atoms with van der Waals surface area (Å²) in [6.45, 7) is 1.76. The van der Waals surface area contributed by atoms with Crippen LogP contribution in [0.2, 0.25) is 5.02 Å². The summed E-state index contributed by atoms with van der Waals surface area (Å²) in [7, 11) is -3.78. The highest BCUT2D eigenvalue weighted by Gasteiger charge is 2.29. The average molecular weight is 449 g/mol. The zero-order valence-electron chi connectivity index (χ0n) is 16.6. The van der Waals surface area contributed by atoms with E-state index in [-0.39, 0.29) is 40.4 Å². The number of benzene rings is 2. The van der Waals surface area contributed by atoms with Gasteiger partial charge in [-0.05, 0) is 48.6 Å². The molecule has 1 fully saturated rings. The fraction of sp³-hybridized carbons (Fsp3) is 0.409. The highest BCUT2D eigenvalue weighted by atomic mass is 35.5. The van der Waals surface area contributed by atoms with Gasteiger partial charge in [0.1, 0.15) is 4.90 Å². The lowest BCUT2D eigenvalue weighted by Gasteiger charge is -2.27. The second-order valence-corrected chi connectivity index (χ2v) is 9.97. The Morgan fingerprint density at radius 3 is 2.73 bits per heavy atom. The van der Waals surface area contributed by atoms with Crippen LogP contribution in [-0.4, -0.2) is 51.5 Å². The Bertz CT molecular complexity index is 1040. The van der Waals surface area contributed by atoms with Crippen molar-refractivity contribution < 1.29 is 17.9 Å². The van der Waals surface area contributed by atoms with Crippen LogP contribution in [0.5, 0.6) is 0 Å². The van der Waals surface area contributed by atoms with Crippen LogP contribution in [0.3, 0.4) is 0 Å². The molecule has 1 unspecified atom stereocenters. The van der Waals surface area contributed by atoms with Crippen LogP contribution in [0.25, 0.3) is 0 Å². The van der Waals surface area contributed by atoms with Crippen molar-refractivity contribution in [2.24, 2.45) is 0 Å². The first-order chi connectivity index (χ1) is 14.5. The topological polar surface area (TPSA) is 75.7 Å². The fourth-order valence-electron chi connectivity index (χ4n) is 4.15. The van der Waals surface area contributed by atoms with E-state index in [1.54, 1.807) is 6.07 Å². The third-order valence-corrected chi connectivity index (χ3v) is 8.16. The predicted molar refractivity (Wildman–Crippen MR) is 115 cm³/mol. The van der Waals surface area contributed by atoms with Crippen molar-refractivity contribution in [3.05, 3.63) is 64.2 Å². The summed E-state index contributed by atoms with van der Waals surface area (Å²) < 4.78 is 32.5. The summed E-state index contributed by atoms with van der Waals surface area (Å²) in [5.74, 6) is -0.0316. The summed E-state index contributed by atoms with van der Waals surface area (Å²) >= 11 is 6.19. The normalized spacial score (nSPS) is 19.8. The first kappa shape index (κ1) is 21.3. The van der Waals surface area contributed by atoms with Gasteiger partial charge in [0.25, 0.3) is 5.91 Å². The van der Waals surface area contributed by atoms with Crippen molar-refractivity contribution in [1.29, 1.82) is 0 Å². The average Bonchev–Trinajstić information content (AvgIpc) is 2.78. The molecule has 2 aromatic rings. The number of ether oxygens (including phenoxy) is 1. The second-order valence-electron chi connectivity index (χ2n) is 7.66. The van der Waals surface area contributed by atoms with Crippen molar-refractivity contribution in [2.75, 3.05) is 32.8 Å². The molecule has 2 aliphatic rings. The van der Waals surface area contributed by atoms with Crippen LogP contribution in [0, 0.1) is 0 Å². The van der Waals surface area contributed by atoms with Gasteiger partial charge in [0.05, 0.1) is 18.2 Å². The SMILES string of the molecule is O=C(NCC1CCCc2ccccc21)c1ccc(Cl)c(S(=O)(=O)N2CCOCC2)c1. The number of morpholine rings is 1. The first-order valence-corrected chi connectivity index (χ1v) is 12.0. The molecule has 1 N–H and O–H groups in total. The summed E-state index contributed by atoms with van der Waals surface area (Å²) in [5.41, 5.74) is 2.92. The number of aryl methyl sites for hydroxylation is 1. The van der Waals surface area contributed by atoms with E-state index >= 15 is 0 Å². The summed E-state index contributed by atoms with van der Waals surface area (Å²) in [6.07, 6.45) is 3.19. The number of halogens is 1. The standard InChI is InChI=1S/C22H25ClN2O4S/c23-20-9-8-17(14-21(20)30(27,28)25-10-12-29-13-11-25)22(26)24-15-18-6-3-5-16-4-1-2-7-19(16)18/h1-2,4,7-9,14,18H,3,5-6,10-13,15H2,(H,24,26). The molecular formula is C22H25ClN2O4S. The number of hydrogen-bond acceptors (Lipinski definition) is 4. The molecule has 4 rings (SSSR count). The number of rotatable bonds is 5. The van der Waals surface area contributed by atoms with E-state index in [1.807, 2.05) is 12.1 Å². The molecule has 160 valence electrons. The van der Waals surface area contributed by atoms with Crippen molar-refractivity contribution in [3.8, 4) is 0 Å². The largest absolute Gasteiger partial charge is 0.379 e. The second kappa shape index (κ2) is 9.06. The third kappa shape index (κ3) is 4.39. The quantitative estimate of drug-likeness (QED) is 0.762. The van der Waals surface area contributed by atoms with Crippen LogP contribution >= 0.6 is 11.6 Å². The van der Waals surface area contributed by atoms with Gasteiger partial charge in [0.2, 0.25) is 10.0 Å². The van der Waals surface area contributed by atoms with Crippen molar-refractivity contribution >= 4 is 27.5 Å². The number of carbonyl (C=O) groups excluding carboxylic acids is 1. The molecule has 0 aromatic heterocycles. The molecule has 1 aliphatic heterocycles. The van der Waals surface area contributed by atoms with Crippen LogP contribution in [0.1, 0.15) is 40.2 Å². The molecule has 0 radical (unpaired) electrons. The molecule has 6 nitrogen and oxygen atoms in total. The van der Waals surface area contributed by atoms with Gasteiger partial charge in [0.15, 0.2) is 0 Å². The first-order valence-electron chi connectivity index (χ1n) is 10.2. The number of hydrogen-bond donors (Lipinski definition) is 1. The van der Waals surface area contributed by atoms with Crippen LogP contribution in [-0.2, 0) is 21.2 Å². The maximum atomic E-state index is 13.0. The minimum Gasteiger partial charge on any atom is -0.379 e. The highest BCUT2D eigenvalue weighted by molar-refractivity contribution is 7.89. The molecule has 1 saturated heterocycles. The van der Waals surface area contributed by atoms with Crippen LogP contribution in [0.15, 0.2) is 47.4 Å². The lowest BCUT2D eigenvalue weighted by atomic mass is 9.83. The Labute approximate surface area is 182 Å². The molecule has 0 saturated carbocycles. The van der Waals surface area contributed by atoms with Crippen LogP contribution < -0.4 is 5.32 Å². The Hall–Kier alpha value is -1.93. The fourth-order valence-corrected chi connectivity index (χ4v) is 6.06. The maximum absolute atomic E-state index is 13.0. The van der Waals surface area contributed by atoms with E-state index in [1.165, 1.54) is 27.6 Å². The molecule has 0 bridgehead atoms. The van der Waals surface area contributed by atoms with Crippen molar-refractivity contribution in [1.82, 2.24) is 9.62 Å². The van der Waals surface area contributed by atoms with Gasteiger partial charge in [-0.2, -0.15) is 4.31 Å². The smallest absolute Gasteiger partial charge is 0.251 e. The number of fused-ring (bicyclic) bond motifs is 1. The molecule has 8 heteroatoms. The Morgan fingerprint density at radius 2 is 1.93 bits per heavy atom. The van der Waals surface area contributed by atoms with E-state index in [9.17, 15) is 13.2 Å². The number of nitrogens with one attached hydrogen (secondary N) is 1. The molecule has 0 spiro atoms. The summed E-state index contributed by atoms with van der Waals surface area (Å²) in [5, 5.41) is 3.09. The Kier molecular flexibility index (Phi) is 6.43. The third-order valence-electron chi connectivity index (χ3n) is 5.78. The minimum absolute atomic E-state index is 0.0401. The zero-order valence-corrected chi connectivity index (χ0v) is 18.2. The van der Waals surface area contributed by atoms with Crippen molar-refractivity contribution in [2.45, 2.75) is 30.1 Å². The molecule has 1 amide bonds. The molecule has 1 heterocycles. The van der Waals surface area contributed by atoms with Gasteiger partial charge < -0.3 is 10.1 Å². The van der Waals surface area contributed by atoms with Gasteiger partial charge in [-0.3, -0.25) is 4.79 Å². The molecule has 1 aliphatic carbocycles. The Morgan fingerprint density at radius 1 is 1.17 bits per heavy atom. The lowest BCUT2D eigenvalue weighted by Crippen LogP contribution is -2.40. The van der Waals surface area contributed by atoms with Crippen molar-refractivity contribution in [3.63, 3.8) is 0 Å². The predicted octanol–water partition coefficient (Wildman–Crippen LogP) is 3.21. The van der Waals surface area contributed by atoms with Gasteiger partial charge in [-0.15, -0.1) is 0 Å². The molecule has 1 atom stereocenters. The van der Waals surface area contributed by atoms with Crippen LogP contribution in [0.4, 0.5) is 0 Å². The summed E-state index contributed by atoms with van der Waals surface area (Å²) in [4.78, 5) is 12.7. The van der Waals surface area contributed by atoms with E-state index in [4.69, 9.17) is 16.3 Å². The monoisotopic (exact) mass is 448 g/mol. The van der Waals surface area contributed by atoms with E-state index in [0.29, 0.717) is 19.8 Å². The molecule has 2 aromatic carbocycles. The maximum Gasteiger partial charge on any atom is 0.251 e. The number of nitrogens with zero attached hydrogens (tertiary/aromatic N) is 1. The van der Waals surface area contributed by atoms with E-state index in [0.717, 1.165) is 19.3 Å². The molecule has 30 heavy (non-hydrogen) atoms. The van der Waals surface area contributed by atoms with E-state index in [2.05, 4.69) is 17.4 Å². The van der Waals surface area contributed by atoms with Gasteiger partial charge in [0, 0.05) is 31.1 Å². The zero-order chi connectivity index (χ0) is 21.1. The number of amides is 1.